The van der Waals surface area contributed by atoms with Crippen LogP contribution >= 0.6 is 15.9 Å². The maximum Gasteiger partial charge on any atom is 0.343 e. The molecule has 3 aromatic rings. The first-order chi connectivity index (χ1) is 15.5. The molecule has 7 nitrogen and oxygen atoms in total. The Morgan fingerprint density at radius 1 is 1.00 bits per heavy atom. The van der Waals surface area contributed by atoms with Crippen LogP contribution in [0.3, 0.4) is 0 Å². The lowest BCUT2D eigenvalue weighted by molar-refractivity contribution is -0.123. The molecule has 0 bridgehead atoms. The van der Waals surface area contributed by atoms with Crippen LogP contribution in [0.25, 0.3) is 0 Å². The zero-order valence-electron chi connectivity index (χ0n) is 17.5. The second kappa shape index (κ2) is 11.1. The zero-order chi connectivity index (χ0) is 22.9. The van der Waals surface area contributed by atoms with Gasteiger partial charge >= 0.3 is 5.97 Å². The average molecular weight is 497 g/mol. The lowest BCUT2D eigenvalue weighted by atomic mass is 10.1. The van der Waals surface area contributed by atoms with Crippen LogP contribution in [0.15, 0.2) is 76.3 Å². The third-order valence-corrected chi connectivity index (χ3v) is 4.78. The lowest BCUT2D eigenvalue weighted by Gasteiger charge is -2.09. The Morgan fingerprint density at radius 2 is 1.72 bits per heavy atom. The number of nitrogens with one attached hydrogen (secondary N) is 1. The summed E-state index contributed by atoms with van der Waals surface area (Å²) in [6, 6.07) is 19.2. The molecule has 8 heteroatoms. The summed E-state index contributed by atoms with van der Waals surface area (Å²) in [5.74, 6) is 0.336. The minimum absolute atomic E-state index is 0.245. The Labute approximate surface area is 194 Å². The Bertz CT molecular complexity index is 1130. The Kier molecular flexibility index (Phi) is 7.99. The maximum atomic E-state index is 12.4. The number of methoxy groups -OCH3 is 1. The van der Waals surface area contributed by atoms with Crippen LogP contribution < -0.4 is 19.6 Å². The molecule has 3 aromatic carbocycles. The number of rotatable bonds is 8. The van der Waals surface area contributed by atoms with Gasteiger partial charge < -0.3 is 14.2 Å². The fraction of sp³-hybridized carbons (Fsp3) is 0.125. The van der Waals surface area contributed by atoms with Gasteiger partial charge in [-0.15, -0.1) is 0 Å². The van der Waals surface area contributed by atoms with Crippen molar-refractivity contribution < 1.29 is 23.8 Å². The van der Waals surface area contributed by atoms with Gasteiger partial charge in [-0.2, -0.15) is 5.10 Å². The molecule has 0 saturated carbocycles. The molecule has 0 aliphatic rings. The summed E-state index contributed by atoms with van der Waals surface area (Å²) >= 11 is 3.38. The van der Waals surface area contributed by atoms with Crippen LogP contribution in [0.2, 0.25) is 0 Å². The third-order valence-electron chi connectivity index (χ3n) is 4.28. The van der Waals surface area contributed by atoms with Gasteiger partial charge in [0.25, 0.3) is 5.91 Å². The molecule has 0 fully saturated rings. The van der Waals surface area contributed by atoms with E-state index in [1.807, 2.05) is 19.1 Å². The highest BCUT2D eigenvalue weighted by Gasteiger charge is 2.12. The SMILES string of the molecule is COc1ccccc1OCC(=O)NN=Cc1cc(Br)ccc1OC(=O)c1ccc(C)cc1. The minimum atomic E-state index is -0.490. The second-order valence-electron chi connectivity index (χ2n) is 6.67. The molecule has 0 heterocycles. The summed E-state index contributed by atoms with van der Waals surface area (Å²) in [5.41, 5.74) is 4.37. The second-order valence-corrected chi connectivity index (χ2v) is 7.59. The predicted molar refractivity (Wildman–Crippen MR) is 125 cm³/mol. The van der Waals surface area contributed by atoms with Gasteiger partial charge in [-0.25, -0.2) is 10.2 Å². The molecule has 3 rings (SSSR count). The summed E-state index contributed by atoms with van der Waals surface area (Å²) in [6.45, 7) is 1.69. The molecule has 0 saturated heterocycles. The van der Waals surface area contributed by atoms with E-state index in [0.717, 1.165) is 10.0 Å². The van der Waals surface area contributed by atoms with Crippen molar-refractivity contribution in [1.29, 1.82) is 0 Å². The topological polar surface area (TPSA) is 86.2 Å². The summed E-state index contributed by atoms with van der Waals surface area (Å²) in [5, 5.41) is 3.94. The number of hydrogen-bond donors (Lipinski definition) is 1. The zero-order valence-corrected chi connectivity index (χ0v) is 19.1. The predicted octanol–water partition coefficient (Wildman–Crippen LogP) is 4.51. The molecule has 1 amide bonds. The molecular weight excluding hydrogens is 476 g/mol. The van der Waals surface area contributed by atoms with E-state index in [4.69, 9.17) is 14.2 Å². The van der Waals surface area contributed by atoms with E-state index in [1.54, 1.807) is 54.6 Å². The molecular formula is C24H21BrN2O5. The number of hydrazone groups is 1. The van der Waals surface area contributed by atoms with E-state index in [2.05, 4.69) is 26.5 Å². The highest BCUT2D eigenvalue weighted by Crippen LogP contribution is 2.25. The van der Waals surface area contributed by atoms with E-state index in [0.29, 0.717) is 28.4 Å². The Hall–Kier alpha value is -3.65. The van der Waals surface area contributed by atoms with Crippen LogP contribution in [-0.2, 0) is 4.79 Å². The summed E-state index contributed by atoms with van der Waals surface area (Å²) in [4.78, 5) is 24.5. The van der Waals surface area contributed by atoms with Crippen LogP contribution in [0.4, 0.5) is 0 Å². The smallest absolute Gasteiger partial charge is 0.343 e. The number of carbonyl (C=O) groups is 2. The number of para-hydroxylation sites is 2. The van der Waals surface area contributed by atoms with Crippen LogP contribution in [-0.4, -0.2) is 31.8 Å². The molecule has 0 atom stereocenters. The number of carbonyl (C=O) groups excluding carboxylic acids is 2. The van der Waals surface area contributed by atoms with E-state index in [1.165, 1.54) is 13.3 Å². The van der Waals surface area contributed by atoms with E-state index < -0.39 is 11.9 Å². The number of nitrogens with zero attached hydrogens (tertiary/aromatic N) is 1. The van der Waals surface area contributed by atoms with Gasteiger partial charge in [0.05, 0.1) is 18.9 Å². The molecule has 1 N–H and O–H groups in total. The van der Waals surface area contributed by atoms with Gasteiger partial charge in [0.15, 0.2) is 18.1 Å². The van der Waals surface area contributed by atoms with Crippen molar-refractivity contribution in [2.75, 3.05) is 13.7 Å². The molecule has 0 radical (unpaired) electrons. The number of ether oxygens (including phenoxy) is 3. The van der Waals surface area contributed by atoms with Gasteiger partial charge in [-0.3, -0.25) is 4.79 Å². The molecule has 164 valence electrons. The van der Waals surface area contributed by atoms with Crippen LogP contribution in [0.5, 0.6) is 17.2 Å². The summed E-state index contributed by atoms with van der Waals surface area (Å²) in [6.07, 6.45) is 1.39. The summed E-state index contributed by atoms with van der Waals surface area (Å²) in [7, 11) is 1.52. The first-order valence-electron chi connectivity index (χ1n) is 9.62. The van der Waals surface area contributed by atoms with E-state index in [9.17, 15) is 9.59 Å². The van der Waals surface area contributed by atoms with Crippen molar-refractivity contribution in [3.05, 3.63) is 87.9 Å². The lowest BCUT2D eigenvalue weighted by Crippen LogP contribution is -2.24. The fourth-order valence-electron chi connectivity index (χ4n) is 2.65. The van der Waals surface area contributed by atoms with Crippen LogP contribution in [0.1, 0.15) is 21.5 Å². The number of hydrogen-bond acceptors (Lipinski definition) is 6. The highest BCUT2D eigenvalue weighted by molar-refractivity contribution is 9.10. The number of amides is 1. The van der Waals surface area contributed by atoms with Crippen molar-refractivity contribution in [2.24, 2.45) is 5.10 Å². The Balaban J connectivity index is 1.62. The van der Waals surface area contributed by atoms with Crippen LogP contribution in [0, 0.1) is 6.92 Å². The Morgan fingerprint density at radius 3 is 2.44 bits per heavy atom. The van der Waals surface area contributed by atoms with Crippen molar-refractivity contribution in [1.82, 2.24) is 5.43 Å². The van der Waals surface area contributed by atoms with Crippen molar-refractivity contribution in [3.8, 4) is 17.2 Å². The first-order valence-corrected chi connectivity index (χ1v) is 10.4. The van der Waals surface area contributed by atoms with E-state index in [-0.39, 0.29) is 6.61 Å². The molecule has 0 aliphatic heterocycles. The third kappa shape index (κ3) is 6.42. The first kappa shape index (κ1) is 23.0. The largest absolute Gasteiger partial charge is 0.493 e. The van der Waals surface area contributed by atoms with Crippen molar-refractivity contribution in [3.63, 3.8) is 0 Å². The highest BCUT2D eigenvalue weighted by atomic mass is 79.9. The standard InChI is InChI=1S/C24H21BrN2O5/c1-16-7-9-17(10-8-16)24(29)32-20-12-11-19(25)13-18(20)14-26-27-23(28)15-31-22-6-4-3-5-21(22)30-2/h3-14H,15H2,1-2H3,(H,27,28). The van der Waals surface area contributed by atoms with Gasteiger partial charge in [0.1, 0.15) is 5.75 Å². The monoisotopic (exact) mass is 496 g/mol. The number of esters is 1. The number of benzene rings is 3. The molecule has 0 aliphatic carbocycles. The van der Waals surface area contributed by atoms with Gasteiger partial charge in [-0.05, 0) is 49.4 Å². The summed E-state index contributed by atoms with van der Waals surface area (Å²) < 4.78 is 16.9. The molecule has 0 spiro atoms. The van der Waals surface area contributed by atoms with Crippen molar-refractivity contribution >= 4 is 34.0 Å². The molecule has 0 unspecified atom stereocenters. The number of aryl methyl sites for hydroxylation is 1. The number of halogens is 1. The average Bonchev–Trinajstić information content (AvgIpc) is 2.80. The van der Waals surface area contributed by atoms with Gasteiger partial charge in [0.2, 0.25) is 0 Å². The van der Waals surface area contributed by atoms with Gasteiger partial charge in [0, 0.05) is 10.0 Å². The van der Waals surface area contributed by atoms with Crippen molar-refractivity contribution in [2.45, 2.75) is 6.92 Å². The van der Waals surface area contributed by atoms with E-state index >= 15 is 0 Å². The normalized spacial score (nSPS) is 10.6. The molecule has 0 aromatic heterocycles. The molecule has 32 heavy (non-hydrogen) atoms. The maximum absolute atomic E-state index is 12.4. The fourth-order valence-corrected chi connectivity index (χ4v) is 3.03. The quantitative estimate of drug-likeness (QED) is 0.214. The van der Waals surface area contributed by atoms with Gasteiger partial charge in [-0.1, -0.05) is 45.8 Å². The minimum Gasteiger partial charge on any atom is -0.493 e.